The Labute approximate surface area is 256 Å². The Bertz CT molecular complexity index is 2770. The third-order valence-electron chi connectivity index (χ3n) is 8.72. The van der Waals surface area contributed by atoms with Crippen LogP contribution in [0.1, 0.15) is 0 Å². The summed E-state index contributed by atoms with van der Waals surface area (Å²) in [5.41, 5.74) is 9.82. The molecule has 0 N–H and O–H groups in total. The average Bonchev–Trinajstić information content (AvgIpc) is 3.79. The molecule has 10 aromatic rings. The van der Waals surface area contributed by atoms with E-state index >= 15 is 0 Å². The summed E-state index contributed by atoms with van der Waals surface area (Å²) >= 11 is 0. The zero-order chi connectivity index (χ0) is 29.5. The molecule has 0 spiro atoms. The van der Waals surface area contributed by atoms with Crippen molar-refractivity contribution in [3.63, 3.8) is 0 Å². The van der Waals surface area contributed by atoms with E-state index in [-0.39, 0.29) is 0 Å². The van der Waals surface area contributed by atoms with E-state index in [4.69, 9.17) is 23.2 Å². The Morgan fingerprint density at radius 3 is 1.69 bits per heavy atom. The molecular formula is C40H22N2O3. The van der Waals surface area contributed by atoms with Crippen molar-refractivity contribution in [3.8, 4) is 33.8 Å². The highest BCUT2D eigenvalue weighted by molar-refractivity contribution is 6.14. The molecule has 0 bridgehead atoms. The molecule has 5 heteroatoms. The van der Waals surface area contributed by atoms with Gasteiger partial charge in [0, 0.05) is 32.5 Å². The lowest BCUT2D eigenvalue weighted by molar-refractivity contribution is 0.662. The molecule has 210 valence electrons. The maximum absolute atomic E-state index is 6.59. The van der Waals surface area contributed by atoms with Gasteiger partial charge in [0.1, 0.15) is 39.1 Å². The van der Waals surface area contributed by atoms with Gasteiger partial charge in [-0.05, 0) is 47.5 Å². The van der Waals surface area contributed by atoms with Crippen molar-refractivity contribution in [3.05, 3.63) is 133 Å². The lowest BCUT2D eigenvalue weighted by Gasteiger charge is -2.07. The van der Waals surface area contributed by atoms with Crippen LogP contribution in [0, 0.1) is 0 Å². The molecule has 5 nitrogen and oxygen atoms in total. The molecule has 0 aliphatic carbocycles. The number of hydrogen-bond donors (Lipinski definition) is 0. The molecular weight excluding hydrogens is 556 g/mol. The van der Waals surface area contributed by atoms with E-state index < -0.39 is 0 Å². The van der Waals surface area contributed by atoms with E-state index in [1.807, 2.05) is 84.9 Å². The molecule has 4 heterocycles. The summed E-state index contributed by atoms with van der Waals surface area (Å²) in [6, 6.07) is 45.1. The molecule has 0 saturated carbocycles. The Balaban J connectivity index is 1.32. The first-order valence-corrected chi connectivity index (χ1v) is 14.9. The van der Waals surface area contributed by atoms with Crippen molar-refractivity contribution in [1.82, 2.24) is 9.97 Å². The molecule has 0 unspecified atom stereocenters. The fourth-order valence-electron chi connectivity index (χ4n) is 6.61. The summed E-state index contributed by atoms with van der Waals surface area (Å²) in [4.78, 5) is 10.4. The number of rotatable bonds is 3. The average molecular weight is 579 g/mol. The van der Waals surface area contributed by atoms with Crippen LogP contribution in [0.25, 0.3) is 99.7 Å². The van der Waals surface area contributed by atoms with Crippen LogP contribution < -0.4 is 0 Å². The Kier molecular flexibility index (Phi) is 4.93. The molecule has 10 rings (SSSR count). The van der Waals surface area contributed by atoms with E-state index in [0.717, 1.165) is 82.6 Å². The minimum absolute atomic E-state index is 0.558. The monoisotopic (exact) mass is 578 g/mol. The molecule has 6 aromatic carbocycles. The quantitative estimate of drug-likeness (QED) is 0.209. The van der Waals surface area contributed by atoms with Crippen molar-refractivity contribution in [2.24, 2.45) is 0 Å². The number of aromatic nitrogens is 2. The maximum Gasteiger partial charge on any atom is 0.180 e. The highest BCUT2D eigenvalue weighted by Gasteiger charge is 2.23. The predicted molar refractivity (Wildman–Crippen MR) is 180 cm³/mol. The normalized spacial score (nSPS) is 12.0. The SMILES string of the molecule is c1ccc(-c2ccc3oc4c(-c5cccc6c5oc5ccccc56)nc(-c5cccc6c5oc5ccccc56)nc4c3c2)cc1. The van der Waals surface area contributed by atoms with Crippen LogP contribution in [0.4, 0.5) is 0 Å². The molecule has 0 atom stereocenters. The largest absolute Gasteiger partial charge is 0.455 e. The summed E-state index contributed by atoms with van der Waals surface area (Å²) in [6.07, 6.45) is 0. The number of hydrogen-bond acceptors (Lipinski definition) is 5. The maximum atomic E-state index is 6.59. The third kappa shape index (κ3) is 3.55. The summed E-state index contributed by atoms with van der Waals surface area (Å²) in [5, 5.41) is 5.09. The minimum atomic E-state index is 0.558. The second-order valence-corrected chi connectivity index (χ2v) is 11.3. The van der Waals surface area contributed by atoms with Gasteiger partial charge in [0.25, 0.3) is 0 Å². The zero-order valence-electron chi connectivity index (χ0n) is 23.8. The van der Waals surface area contributed by atoms with Gasteiger partial charge < -0.3 is 13.3 Å². The standard InChI is InChI=1S/C40H22N2O3/c1-2-10-23(11-3-1)24-20-21-34-31(22-24)36-39(45-34)35(29-16-8-14-27-25-12-4-6-18-32(25)43-37(27)29)41-40(42-36)30-17-9-15-28-26-13-5-7-19-33(26)44-38(28)30/h1-22H. The van der Waals surface area contributed by atoms with Gasteiger partial charge in [-0.25, -0.2) is 9.97 Å². The second kappa shape index (κ2) is 9.15. The number of fused-ring (bicyclic) bond motifs is 9. The second-order valence-electron chi connectivity index (χ2n) is 11.3. The molecule has 0 saturated heterocycles. The summed E-state index contributed by atoms with van der Waals surface area (Å²) in [5.74, 6) is 0.558. The number of para-hydroxylation sites is 4. The zero-order valence-corrected chi connectivity index (χ0v) is 23.8. The molecule has 0 aliphatic heterocycles. The molecule has 0 radical (unpaired) electrons. The highest BCUT2D eigenvalue weighted by Crippen LogP contribution is 2.42. The summed E-state index contributed by atoms with van der Waals surface area (Å²) in [6.45, 7) is 0. The van der Waals surface area contributed by atoms with Crippen LogP contribution in [-0.2, 0) is 0 Å². The van der Waals surface area contributed by atoms with Crippen molar-refractivity contribution >= 4 is 65.9 Å². The topological polar surface area (TPSA) is 65.2 Å². The summed E-state index contributed by atoms with van der Waals surface area (Å²) in [7, 11) is 0. The lowest BCUT2D eigenvalue weighted by Crippen LogP contribution is -1.94. The smallest absolute Gasteiger partial charge is 0.180 e. The van der Waals surface area contributed by atoms with E-state index in [2.05, 4.69) is 48.5 Å². The minimum Gasteiger partial charge on any atom is -0.455 e. The first-order chi connectivity index (χ1) is 22.3. The fraction of sp³-hybridized carbons (Fsp3) is 0. The van der Waals surface area contributed by atoms with E-state index in [0.29, 0.717) is 17.1 Å². The first kappa shape index (κ1) is 24.3. The van der Waals surface area contributed by atoms with Crippen molar-refractivity contribution in [2.75, 3.05) is 0 Å². The predicted octanol–water partition coefficient (Wildman–Crippen LogP) is 11.2. The van der Waals surface area contributed by atoms with Crippen molar-refractivity contribution in [2.45, 2.75) is 0 Å². The van der Waals surface area contributed by atoms with E-state index in [1.165, 1.54) is 0 Å². The van der Waals surface area contributed by atoms with Gasteiger partial charge in [-0.3, -0.25) is 0 Å². The van der Waals surface area contributed by atoms with Crippen LogP contribution in [0.2, 0.25) is 0 Å². The van der Waals surface area contributed by atoms with Gasteiger partial charge in [0.05, 0.1) is 5.56 Å². The molecule has 45 heavy (non-hydrogen) atoms. The van der Waals surface area contributed by atoms with Crippen LogP contribution in [0.15, 0.2) is 147 Å². The van der Waals surface area contributed by atoms with Gasteiger partial charge in [0.15, 0.2) is 11.4 Å². The lowest BCUT2D eigenvalue weighted by atomic mass is 10.0. The van der Waals surface area contributed by atoms with Gasteiger partial charge in [-0.15, -0.1) is 0 Å². The summed E-state index contributed by atoms with van der Waals surface area (Å²) < 4.78 is 19.5. The Morgan fingerprint density at radius 2 is 0.956 bits per heavy atom. The van der Waals surface area contributed by atoms with Crippen molar-refractivity contribution in [1.29, 1.82) is 0 Å². The third-order valence-corrected chi connectivity index (χ3v) is 8.72. The van der Waals surface area contributed by atoms with Crippen LogP contribution in [0.3, 0.4) is 0 Å². The van der Waals surface area contributed by atoms with E-state index in [9.17, 15) is 0 Å². The number of nitrogens with zero attached hydrogens (tertiary/aromatic N) is 2. The van der Waals surface area contributed by atoms with Gasteiger partial charge >= 0.3 is 0 Å². The molecule has 0 fully saturated rings. The number of furan rings is 3. The first-order valence-electron chi connectivity index (χ1n) is 14.9. The van der Waals surface area contributed by atoms with Gasteiger partial charge in [0.2, 0.25) is 0 Å². The van der Waals surface area contributed by atoms with Crippen molar-refractivity contribution < 1.29 is 13.3 Å². The fourth-order valence-corrected chi connectivity index (χ4v) is 6.61. The number of benzene rings is 6. The van der Waals surface area contributed by atoms with Crippen LogP contribution in [0.5, 0.6) is 0 Å². The Hall–Kier alpha value is -6.20. The van der Waals surface area contributed by atoms with Gasteiger partial charge in [-0.1, -0.05) is 97.1 Å². The molecule has 0 amide bonds. The van der Waals surface area contributed by atoms with E-state index in [1.54, 1.807) is 0 Å². The molecule has 4 aromatic heterocycles. The molecule has 0 aliphatic rings. The Morgan fingerprint density at radius 1 is 0.378 bits per heavy atom. The van der Waals surface area contributed by atoms with Gasteiger partial charge in [-0.2, -0.15) is 0 Å². The highest BCUT2D eigenvalue weighted by atomic mass is 16.3. The van der Waals surface area contributed by atoms with Crippen LogP contribution in [-0.4, -0.2) is 9.97 Å². The van der Waals surface area contributed by atoms with Crippen LogP contribution >= 0.6 is 0 Å².